The minimum atomic E-state index is -0.206. The fourth-order valence-electron chi connectivity index (χ4n) is 3.33. The maximum absolute atomic E-state index is 13.8. The molecule has 0 N–H and O–H groups in total. The molecule has 0 unspecified atom stereocenters. The molecular formula is C21H19Cl3FN3O2. The Hall–Kier alpha value is -2.12. The van der Waals surface area contributed by atoms with Gasteiger partial charge in [-0.2, -0.15) is 0 Å². The Morgan fingerprint density at radius 1 is 1.07 bits per heavy atom. The summed E-state index contributed by atoms with van der Waals surface area (Å²) < 4.78 is 19.2. The molecule has 3 aromatic rings. The van der Waals surface area contributed by atoms with Crippen LogP contribution in [0.1, 0.15) is 16.1 Å². The normalized spacial score (nSPS) is 14.4. The number of benzene rings is 2. The second-order valence-corrected chi connectivity index (χ2v) is 7.70. The number of carbonyl (C=O) groups excluding carboxylic acids is 1. The van der Waals surface area contributed by atoms with Crippen molar-refractivity contribution in [1.29, 1.82) is 0 Å². The van der Waals surface area contributed by atoms with Gasteiger partial charge < -0.3 is 9.42 Å². The Kier molecular flexibility index (Phi) is 7.36. The van der Waals surface area contributed by atoms with Crippen molar-refractivity contribution >= 4 is 41.5 Å². The summed E-state index contributed by atoms with van der Waals surface area (Å²) >= 11 is 12.1. The van der Waals surface area contributed by atoms with Gasteiger partial charge in [0.1, 0.15) is 5.82 Å². The van der Waals surface area contributed by atoms with Crippen LogP contribution in [0, 0.1) is 5.82 Å². The number of halogens is 4. The molecule has 5 nitrogen and oxygen atoms in total. The van der Waals surface area contributed by atoms with E-state index >= 15 is 0 Å². The van der Waals surface area contributed by atoms with E-state index in [4.69, 9.17) is 27.7 Å². The van der Waals surface area contributed by atoms with Crippen LogP contribution >= 0.6 is 35.6 Å². The van der Waals surface area contributed by atoms with E-state index in [1.807, 2.05) is 6.07 Å². The Morgan fingerprint density at radius 3 is 2.50 bits per heavy atom. The summed E-state index contributed by atoms with van der Waals surface area (Å²) in [5.41, 5.74) is 1.51. The summed E-state index contributed by atoms with van der Waals surface area (Å²) in [4.78, 5) is 16.6. The zero-order valence-electron chi connectivity index (χ0n) is 15.9. The molecule has 0 radical (unpaired) electrons. The van der Waals surface area contributed by atoms with E-state index in [0.717, 1.165) is 0 Å². The number of piperazine rings is 1. The van der Waals surface area contributed by atoms with Crippen LogP contribution in [-0.4, -0.2) is 47.0 Å². The van der Waals surface area contributed by atoms with E-state index in [1.54, 1.807) is 41.3 Å². The lowest BCUT2D eigenvalue weighted by Gasteiger charge is -2.34. The number of nitrogens with zero attached hydrogens (tertiary/aromatic N) is 3. The summed E-state index contributed by atoms with van der Waals surface area (Å²) in [7, 11) is 0. The largest absolute Gasteiger partial charge is 0.355 e. The lowest BCUT2D eigenvalue weighted by molar-refractivity contribution is 0.0617. The van der Waals surface area contributed by atoms with Crippen LogP contribution in [0.2, 0.25) is 10.0 Å². The van der Waals surface area contributed by atoms with Crippen LogP contribution in [0.4, 0.5) is 4.39 Å². The van der Waals surface area contributed by atoms with E-state index in [2.05, 4.69) is 10.1 Å². The Labute approximate surface area is 189 Å². The lowest BCUT2D eigenvalue weighted by atomic mass is 10.1. The molecule has 4 rings (SSSR count). The van der Waals surface area contributed by atoms with E-state index in [-0.39, 0.29) is 29.8 Å². The summed E-state index contributed by atoms with van der Waals surface area (Å²) in [6.07, 6.45) is 0. The fraction of sp³-hybridized carbons (Fsp3) is 0.238. The molecular weight excluding hydrogens is 452 g/mol. The molecule has 2 aromatic carbocycles. The molecule has 1 amide bonds. The summed E-state index contributed by atoms with van der Waals surface area (Å²) in [6, 6.07) is 13.4. The highest BCUT2D eigenvalue weighted by atomic mass is 35.5. The van der Waals surface area contributed by atoms with Gasteiger partial charge in [-0.25, -0.2) is 4.39 Å². The van der Waals surface area contributed by atoms with E-state index in [0.29, 0.717) is 59.7 Å². The minimum Gasteiger partial charge on any atom is -0.355 e. The molecule has 0 aliphatic carbocycles. The summed E-state index contributed by atoms with van der Waals surface area (Å²) in [6.45, 7) is 2.92. The maximum atomic E-state index is 13.8. The van der Waals surface area contributed by atoms with Gasteiger partial charge in [-0.05, 0) is 24.3 Å². The predicted octanol–water partition coefficient (Wildman–Crippen LogP) is 5.17. The molecule has 9 heteroatoms. The van der Waals surface area contributed by atoms with Crippen LogP contribution in [0.3, 0.4) is 0 Å². The van der Waals surface area contributed by atoms with Crippen molar-refractivity contribution in [3.63, 3.8) is 0 Å². The smallest absolute Gasteiger partial charge is 0.276 e. The quantitative estimate of drug-likeness (QED) is 0.528. The average Bonchev–Trinajstić information content (AvgIpc) is 3.19. The number of hydrogen-bond acceptors (Lipinski definition) is 4. The lowest BCUT2D eigenvalue weighted by Crippen LogP contribution is -2.48. The first-order valence-corrected chi connectivity index (χ1v) is 9.94. The van der Waals surface area contributed by atoms with E-state index < -0.39 is 0 Å². The molecule has 0 bridgehead atoms. The molecule has 158 valence electrons. The molecule has 1 aliphatic heterocycles. The predicted molar refractivity (Wildman–Crippen MR) is 117 cm³/mol. The Bertz CT molecular complexity index is 1040. The first-order chi connectivity index (χ1) is 14.0. The molecule has 1 aromatic heterocycles. The SMILES string of the molecule is Cl.O=C(c1cc(-c2ccc(Cl)cc2Cl)on1)N1CCN(Cc2ccccc2F)CC1. The molecule has 1 aliphatic rings. The van der Waals surface area contributed by atoms with Gasteiger partial charge in [-0.3, -0.25) is 9.69 Å². The van der Waals surface area contributed by atoms with Gasteiger partial charge in [0.25, 0.3) is 5.91 Å². The first-order valence-electron chi connectivity index (χ1n) is 9.18. The van der Waals surface area contributed by atoms with Crippen molar-refractivity contribution in [3.8, 4) is 11.3 Å². The number of carbonyl (C=O) groups is 1. The van der Waals surface area contributed by atoms with Gasteiger partial charge in [-0.1, -0.05) is 46.6 Å². The average molecular weight is 471 g/mol. The van der Waals surface area contributed by atoms with E-state index in [9.17, 15) is 9.18 Å². The fourth-order valence-corrected chi connectivity index (χ4v) is 3.83. The highest BCUT2D eigenvalue weighted by molar-refractivity contribution is 6.36. The van der Waals surface area contributed by atoms with Crippen molar-refractivity contribution in [2.45, 2.75) is 6.54 Å². The monoisotopic (exact) mass is 469 g/mol. The number of amides is 1. The number of rotatable bonds is 4. The molecule has 1 fully saturated rings. The topological polar surface area (TPSA) is 49.6 Å². The number of aromatic nitrogens is 1. The first kappa shape index (κ1) is 22.6. The minimum absolute atomic E-state index is 0. The van der Waals surface area contributed by atoms with Gasteiger partial charge in [0.15, 0.2) is 11.5 Å². The van der Waals surface area contributed by atoms with Crippen molar-refractivity contribution in [3.05, 3.63) is 75.7 Å². The van der Waals surface area contributed by atoms with E-state index in [1.165, 1.54) is 6.07 Å². The Morgan fingerprint density at radius 2 is 1.80 bits per heavy atom. The third-order valence-electron chi connectivity index (χ3n) is 4.94. The zero-order valence-corrected chi connectivity index (χ0v) is 18.2. The molecule has 1 saturated heterocycles. The van der Waals surface area contributed by atoms with Crippen LogP contribution in [0.15, 0.2) is 53.1 Å². The standard InChI is InChI=1S/C21H18Cl2FN3O2.ClH/c22-15-5-6-16(17(23)11-15)20-12-19(25-29-20)21(28)27-9-7-26(8-10-27)13-14-3-1-2-4-18(14)24;/h1-6,11-12H,7-10,13H2;1H. The van der Waals surface area contributed by atoms with Crippen molar-refractivity contribution < 1.29 is 13.7 Å². The third-order valence-corrected chi connectivity index (χ3v) is 5.48. The van der Waals surface area contributed by atoms with Gasteiger partial charge in [0.05, 0.1) is 5.02 Å². The Balaban J connectivity index is 0.00000256. The van der Waals surface area contributed by atoms with Crippen molar-refractivity contribution in [1.82, 2.24) is 15.0 Å². The maximum Gasteiger partial charge on any atom is 0.276 e. The van der Waals surface area contributed by atoms with Crippen molar-refractivity contribution in [2.24, 2.45) is 0 Å². The van der Waals surface area contributed by atoms with Crippen LogP contribution in [0.25, 0.3) is 11.3 Å². The summed E-state index contributed by atoms with van der Waals surface area (Å²) in [5, 5.41) is 4.85. The second kappa shape index (κ2) is 9.79. The molecule has 0 atom stereocenters. The molecule has 0 spiro atoms. The second-order valence-electron chi connectivity index (χ2n) is 6.86. The molecule has 2 heterocycles. The zero-order chi connectivity index (χ0) is 20.4. The summed E-state index contributed by atoms with van der Waals surface area (Å²) in [5.74, 6) is 0.00539. The van der Waals surface area contributed by atoms with Gasteiger partial charge in [0, 0.05) is 54.9 Å². The van der Waals surface area contributed by atoms with Crippen LogP contribution < -0.4 is 0 Å². The molecule has 30 heavy (non-hydrogen) atoms. The van der Waals surface area contributed by atoms with Crippen LogP contribution in [0.5, 0.6) is 0 Å². The van der Waals surface area contributed by atoms with Crippen LogP contribution in [-0.2, 0) is 6.54 Å². The number of hydrogen-bond donors (Lipinski definition) is 0. The molecule has 0 saturated carbocycles. The highest BCUT2D eigenvalue weighted by Gasteiger charge is 2.25. The van der Waals surface area contributed by atoms with Gasteiger partial charge in [0.2, 0.25) is 0 Å². The highest BCUT2D eigenvalue weighted by Crippen LogP contribution is 2.31. The van der Waals surface area contributed by atoms with Crippen molar-refractivity contribution in [2.75, 3.05) is 26.2 Å². The van der Waals surface area contributed by atoms with Gasteiger partial charge >= 0.3 is 0 Å². The van der Waals surface area contributed by atoms with Gasteiger partial charge in [-0.15, -0.1) is 12.4 Å². The third kappa shape index (κ3) is 4.95.